The zero-order valence-corrected chi connectivity index (χ0v) is 19.6. The van der Waals surface area contributed by atoms with Gasteiger partial charge in [-0.3, -0.25) is 14.5 Å². The maximum atomic E-state index is 13.3. The van der Waals surface area contributed by atoms with Gasteiger partial charge in [0.2, 0.25) is 0 Å². The first-order chi connectivity index (χ1) is 15.8. The fourth-order valence-electron chi connectivity index (χ4n) is 3.91. The molecule has 1 aliphatic heterocycles. The van der Waals surface area contributed by atoms with Gasteiger partial charge < -0.3 is 5.11 Å². The number of ketones is 1. The second-order valence-electron chi connectivity index (χ2n) is 7.70. The van der Waals surface area contributed by atoms with Gasteiger partial charge in [0.25, 0.3) is 5.78 Å². The van der Waals surface area contributed by atoms with E-state index in [-0.39, 0.29) is 11.3 Å². The van der Waals surface area contributed by atoms with Crippen molar-refractivity contribution >= 4 is 67.3 Å². The molecule has 1 unspecified atom stereocenters. The van der Waals surface area contributed by atoms with E-state index < -0.39 is 17.7 Å². The van der Waals surface area contributed by atoms with E-state index in [2.05, 4.69) is 4.98 Å². The number of aryl methyl sites for hydroxylation is 1. The van der Waals surface area contributed by atoms with E-state index in [1.54, 1.807) is 48.5 Å². The topological polar surface area (TPSA) is 70.5 Å². The van der Waals surface area contributed by atoms with Crippen molar-refractivity contribution in [2.75, 3.05) is 4.90 Å². The maximum Gasteiger partial charge on any atom is 0.301 e. The van der Waals surface area contributed by atoms with E-state index in [0.29, 0.717) is 26.3 Å². The Bertz CT molecular complexity index is 1460. The first-order valence-electron chi connectivity index (χ1n) is 10.0. The minimum atomic E-state index is -0.888. The third-order valence-corrected chi connectivity index (χ3v) is 6.97. The van der Waals surface area contributed by atoms with E-state index in [9.17, 15) is 14.7 Å². The monoisotopic (exact) mass is 494 g/mol. The molecular formula is C25H16Cl2N2O3S. The van der Waals surface area contributed by atoms with Crippen LogP contribution in [0.4, 0.5) is 5.13 Å². The molecule has 0 spiro atoms. The Balaban J connectivity index is 1.74. The van der Waals surface area contributed by atoms with Crippen molar-refractivity contribution in [3.63, 3.8) is 0 Å². The molecule has 0 bridgehead atoms. The zero-order chi connectivity index (χ0) is 23.3. The van der Waals surface area contributed by atoms with E-state index in [1.165, 1.54) is 16.2 Å². The lowest BCUT2D eigenvalue weighted by Gasteiger charge is -2.23. The molecule has 1 aromatic heterocycles. The van der Waals surface area contributed by atoms with Crippen LogP contribution in [0.3, 0.4) is 0 Å². The van der Waals surface area contributed by atoms with Gasteiger partial charge in [-0.2, -0.15) is 0 Å². The van der Waals surface area contributed by atoms with Crippen molar-refractivity contribution in [1.29, 1.82) is 0 Å². The Morgan fingerprint density at radius 2 is 1.76 bits per heavy atom. The lowest BCUT2D eigenvalue weighted by Crippen LogP contribution is -2.29. The average Bonchev–Trinajstić information content (AvgIpc) is 3.32. The quantitative estimate of drug-likeness (QED) is 0.199. The van der Waals surface area contributed by atoms with Gasteiger partial charge in [0.05, 0.1) is 21.8 Å². The Morgan fingerprint density at radius 1 is 1.00 bits per heavy atom. The fraction of sp³-hybridized carbons (Fsp3) is 0.0800. The number of anilines is 1. The molecule has 1 fully saturated rings. The Hall–Kier alpha value is -3.19. The van der Waals surface area contributed by atoms with Crippen LogP contribution in [0.25, 0.3) is 16.0 Å². The summed E-state index contributed by atoms with van der Waals surface area (Å²) in [4.78, 5) is 32.4. The summed E-state index contributed by atoms with van der Waals surface area (Å²) < 4.78 is 0.898. The Labute approximate surface area is 203 Å². The fourth-order valence-corrected chi connectivity index (χ4v) is 5.32. The van der Waals surface area contributed by atoms with Crippen LogP contribution in [0.1, 0.15) is 22.7 Å². The molecule has 164 valence electrons. The van der Waals surface area contributed by atoms with Gasteiger partial charge in [-0.15, -0.1) is 0 Å². The van der Waals surface area contributed by atoms with Gasteiger partial charge >= 0.3 is 5.91 Å². The number of hydrogen-bond acceptors (Lipinski definition) is 5. The highest BCUT2D eigenvalue weighted by molar-refractivity contribution is 7.22. The molecule has 0 radical (unpaired) electrons. The third kappa shape index (κ3) is 3.80. The second-order valence-corrected chi connectivity index (χ2v) is 9.58. The van der Waals surface area contributed by atoms with Crippen LogP contribution in [0.2, 0.25) is 10.0 Å². The van der Waals surface area contributed by atoms with Gasteiger partial charge in [0.15, 0.2) is 5.13 Å². The molecule has 33 heavy (non-hydrogen) atoms. The Morgan fingerprint density at radius 3 is 2.48 bits per heavy atom. The number of aliphatic hydroxyl groups excluding tert-OH is 1. The highest BCUT2D eigenvalue weighted by Crippen LogP contribution is 2.44. The van der Waals surface area contributed by atoms with Crippen LogP contribution in [-0.2, 0) is 9.59 Å². The van der Waals surface area contributed by atoms with Gasteiger partial charge in [-0.25, -0.2) is 4.98 Å². The second kappa shape index (κ2) is 8.30. The summed E-state index contributed by atoms with van der Waals surface area (Å²) in [5, 5.41) is 12.4. The number of halogens is 2. The molecule has 1 amide bonds. The first kappa shape index (κ1) is 21.6. The molecule has 3 aromatic carbocycles. The van der Waals surface area contributed by atoms with Crippen LogP contribution in [0.15, 0.2) is 72.3 Å². The van der Waals surface area contributed by atoms with Gasteiger partial charge in [0.1, 0.15) is 5.76 Å². The molecule has 4 aromatic rings. The molecule has 8 heteroatoms. The van der Waals surface area contributed by atoms with Crippen molar-refractivity contribution < 1.29 is 14.7 Å². The number of fused-ring (bicyclic) bond motifs is 1. The normalized spacial score (nSPS) is 17.8. The van der Waals surface area contributed by atoms with Gasteiger partial charge in [-0.05, 0) is 66.6 Å². The van der Waals surface area contributed by atoms with Gasteiger partial charge in [0, 0.05) is 15.6 Å². The third-order valence-electron chi connectivity index (χ3n) is 5.47. The summed E-state index contributed by atoms with van der Waals surface area (Å²) >= 11 is 13.5. The molecule has 0 aliphatic carbocycles. The van der Waals surface area contributed by atoms with Crippen LogP contribution in [0, 0.1) is 6.92 Å². The number of carbonyl (C=O) groups is 2. The number of aromatic nitrogens is 1. The van der Waals surface area contributed by atoms with Crippen molar-refractivity contribution in [1.82, 2.24) is 4.98 Å². The van der Waals surface area contributed by atoms with Crippen molar-refractivity contribution in [3.8, 4) is 0 Å². The molecule has 1 aliphatic rings. The molecule has 5 nitrogen and oxygen atoms in total. The average molecular weight is 495 g/mol. The number of Topliss-reactive ketones (excluding diaryl/α,β-unsaturated/α-hetero) is 1. The summed E-state index contributed by atoms with van der Waals surface area (Å²) in [7, 11) is 0. The highest BCUT2D eigenvalue weighted by atomic mass is 35.5. The molecule has 0 saturated carbocycles. The number of aliphatic hydroxyl groups is 1. The highest BCUT2D eigenvalue weighted by Gasteiger charge is 2.48. The number of hydrogen-bond donors (Lipinski definition) is 1. The number of rotatable bonds is 3. The van der Waals surface area contributed by atoms with Crippen LogP contribution < -0.4 is 4.90 Å². The van der Waals surface area contributed by atoms with Crippen molar-refractivity contribution in [3.05, 3.63) is 99.0 Å². The number of thiazole rings is 1. The van der Waals surface area contributed by atoms with Crippen LogP contribution >= 0.6 is 34.5 Å². The summed E-state index contributed by atoms with van der Waals surface area (Å²) in [6, 6.07) is 18.2. The predicted molar refractivity (Wildman–Crippen MR) is 132 cm³/mol. The molecule has 1 saturated heterocycles. The van der Waals surface area contributed by atoms with Crippen molar-refractivity contribution in [2.24, 2.45) is 0 Å². The SMILES string of the molecule is Cc1ccc2nc(N3C(=O)C(=O)/C(=C(/O)c4ccc(Cl)cc4)C3c3cccc(Cl)c3)sc2c1. The molecule has 1 atom stereocenters. The molecule has 5 rings (SSSR count). The predicted octanol–water partition coefficient (Wildman–Crippen LogP) is 6.54. The minimum absolute atomic E-state index is 0.0278. The molecular weight excluding hydrogens is 479 g/mol. The van der Waals surface area contributed by atoms with E-state index >= 15 is 0 Å². The van der Waals surface area contributed by atoms with Gasteiger partial charge in [-0.1, -0.05) is 52.7 Å². The summed E-state index contributed by atoms with van der Waals surface area (Å²) in [5.41, 5.74) is 2.73. The first-order valence-corrected chi connectivity index (χ1v) is 11.6. The maximum absolute atomic E-state index is 13.3. The summed E-state index contributed by atoms with van der Waals surface area (Å²) in [6.07, 6.45) is 0. The zero-order valence-electron chi connectivity index (χ0n) is 17.3. The van der Waals surface area contributed by atoms with E-state index in [0.717, 1.165) is 15.8 Å². The molecule has 1 N–H and O–H groups in total. The number of nitrogens with zero attached hydrogens (tertiary/aromatic N) is 2. The Kier molecular flexibility index (Phi) is 5.44. The number of amides is 1. The summed E-state index contributed by atoms with van der Waals surface area (Å²) in [6.45, 7) is 1.98. The van der Waals surface area contributed by atoms with E-state index in [1.807, 2.05) is 25.1 Å². The van der Waals surface area contributed by atoms with Crippen molar-refractivity contribution in [2.45, 2.75) is 13.0 Å². The van der Waals surface area contributed by atoms with Crippen LogP contribution in [0.5, 0.6) is 0 Å². The van der Waals surface area contributed by atoms with Crippen LogP contribution in [-0.4, -0.2) is 21.8 Å². The largest absolute Gasteiger partial charge is 0.507 e. The lowest BCUT2D eigenvalue weighted by atomic mass is 9.95. The number of carbonyl (C=O) groups excluding carboxylic acids is 2. The standard InChI is InChI=1S/C25H16Cl2N2O3S/c1-13-5-10-18-19(11-13)33-25(28-18)29-21(15-3-2-4-17(27)12-15)20(23(31)24(29)32)22(30)14-6-8-16(26)9-7-14/h2-12,21,30H,1H3/b22-20+. The smallest absolute Gasteiger partial charge is 0.301 e. The lowest BCUT2D eigenvalue weighted by molar-refractivity contribution is -0.132. The minimum Gasteiger partial charge on any atom is -0.507 e. The molecule has 2 heterocycles. The summed E-state index contributed by atoms with van der Waals surface area (Å²) in [5.74, 6) is -1.83. The number of benzene rings is 3. The van der Waals surface area contributed by atoms with E-state index in [4.69, 9.17) is 23.2 Å².